The van der Waals surface area contributed by atoms with Gasteiger partial charge in [-0.3, -0.25) is 4.79 Å². The highest BCUT2D eigenvalue weighted by Crippen LogP contribution is 2.20. The third kappa shape index (κ3) is 3.83. The number of carbonyl (C=O) groups excluding carboxylic acids is 1. The van der Waals surface area contributed by atoms with E-state index in [1.54, 1.807) is 6.07 Å². The molecule has 6 heteroatoms. The quantitative estimate of drug-likeness (QED) is 0.816. The van der Waals surface area contributed by atoms with Crippen LogP contribution in [0.5, 0.6) is 0 Å². The summed E-state index contributed by atoms with van der Waals surface area (Å²) in [5.74, 6) is -1.47. The second kappa shape index (κ2) is 7.79. The van der Waals surface area contributed by atoms with Crippen molar-refractivity contribution in [2.24, 2.45) is 0 Å². The van der Waals surface area contributed by atoms with Crippen LogP contribution in [-0.2, 0) is 9.53 Å². The molecule has 0 fully saturated rings. The number of methoxy groups -OCH3 is 1. The summed E-state index contributed by atoms with van der Waals surface area (Å²) in [6.45, 7) is 4.02. The number of amides is 1. The van der Waals surface area contributed by atoms with Crippen LogP contribution in [-0.4, -0.2) is 41.3 Å². The first-order valence-electron chi connectivity index (χ1n) is 7.72. The molecule has 0 aliphatic heterocycles. The fourth-order valence-electron chi connectivity index (χ4n) is 2.70. The van der Waals surface area contributed by atoms with E-state index < -0.39 is 17.9 Å². The number of ether oxygens (including phenoxy) is 1. The van der Waals surface area contributed by atoms with Crippen LogP contribution < -0.4 is 5.32 Å². The first-order valence-corrected chi connectivity index (χ1v) is 7.72. The normalized spacial score (nSPS) is 12.0. The summed E-state index contributed by atoms with van der Waals surface area (Å²) in [4.78, 5) is 23.8. The molecule has 2 N–H and O–H groups in total. The van der Waals surface area contributed by atoms with Crippen molar-refractivity contribution < 1.29 is 19.4 Å². The van der Waals surface area contributed by atoms with E-state index in [0.717, 1.165) is 17.1 Å². The topological polar surface area (TPSA) is 80.6 Å². The number of carboxylic acids is 1. The highest BCUT2D eigenvalue weighted by molar-refractivity contribution is 5.98. The van der Waals surface area contributed by atoms with E-state index in [-0.39, 0.29) is 13.0 Å². The number of benzene rings is 1. The number of hydrogen-bond donors (Lipinski definition) is 2. The van der Waals surface area contributed by atoms with Gasteiger partial charge in [0.1, 0.15) is 6.04 Å². The van der Waals surface area contributed by atoms with Crippen molar-refractivity contribution >= 4 is 11.9 Å². The monoisotopic (exact) mass is 330 g/mol. The molecular formula is C18H22N2O4. The van der Waals surface area contributed by atoms with Gasteiger partial charge in [0, 0.05) is 37.2 Å². The third-order valence-corrected chi connectivity index (χ3v) is 3.90. The van der Waals surface area contributed by atoms with Gasteiger partial charge in [0.05, 0.1) is 5.56 Å². The third-order valence-electron chi connectivity index (χ3n) is 3.90. The van der Waals surface area contributed by atoms with Crippen LogP contribution >= 0.6 is 0 Å². The van der Waals surface area contributed by atoms with Crippen LogP contribution in [0.25, 0.3) is 5.69 Å². The molecule has 0 saturated carbocycles. The minimum atomic E-state index is -1.07. The van der Waals surface area contributed by atoms with Crippen molar-refractivity contribution in [3.63, 3.8) is 0 Å². The lowest BCUT2D eigenvalue weighted by Crippen LogP contribution is -2.41. The Bertz CT molecular complexity index is 722. The highest BCUT2D eigenvalue weighted by Gasteiger charge is 2.23. The molecule has 0 radical (unpaired) electrons. The molecule has 2 rings (SSSR count). The van der Waals surface area contributed by atoms with Crippen LogP contribution in [0, 0.1) is 13.8 Å². The van der Waals surface area contributed by atoms with Gasteiger partial charge in [0.15, 0.2) is 0 Å². The number of nitrogens with one attached hydrogen (secondary N) is 1. The standard InChI is InChI=1S/C18H22N2O4/c1-12-11-15(13(2)20(12)14-7-5-4-6-8-14)17(21)19-16(18(22)23)9-10-24-3/h4-8,11,16H,9-10H2,1-3H3,(H,19,21)(H,22,23). The number of para-hydroxylation sites is 1. The molecule has 0 aliphatic carbocycles. The maximum Gasteiger partial charge on any atom is 0.326 e. The second-order valence-corrected chi connectivity index (χ2v) is 5.60. The Hall–Kier alpha value is -2.60. The molecule has 1 amide bonds. The second-order valence-electron chi connectivity index (χ2n) is 5.60. The number of carboxylic acid groups (broad SMARTS) is 1. The van der Waals surface area contributed by atoms with E-state index in [4.69, 9.17) is 4.74 Å². The predicted molar refractivity (Wildman–Crippen MR) is 90.6 cm³/mol. The number of hydrogen-bond acceptors (Lipinski definition) is 3. The van der Waals surface area contributed by atoms with Gasteiger partial charge in [-0.1, -0.05) is 18.2 Å². The first kappa shape index (κ1) is 17.7. The Morgan fingerprint density at radius 1 is 1.25 bits per heavy atom. The van der Waals surface area contributed by atoms with E-state index in [9.17, 15) is 14.7 Å². The molecule has 0 bridgehead atoms. The van der Waals surface area contributed by atoms with Gasteiger partial charge in [-0.2, -0.15) is 0 Å². The summed E-state index contributed by atoms with van der Waals surface area (Å²) in [7, 11) is 1.49. The summed E-state index contributed by atoms with van der Waals surface area (Å²) in [5.41, 5.74) is 3.11. The van der Waals surface area contributed by atoms with E-state index >= 15 is 0 Å². The number of aryl methyl sites for hydroxylation is 1. The van der Waals surface area contributed by atoms with Crippen molar-refractivity contribution in [3.8, 4) is 5.69 Å². The molecule has 2 aromatic rings. The van der Waals surface area contributed by atoms with Crippen LogP contribution in [0.2, 0.25) is 0 Å². The molecule has 0 aliphatic rings. The summed E-state index contributed by atoms with van der Waals surface area (Å²) in [6, 6.07) is 10.5. The number of nitrogens with zero attached hydrogens (tertiary/aromatic N) is 1. The predicted octanol–water partition coefficient (Wildman–Crippen LogP) is 2.31. The molecule has 128 valence electrons. The molecule has 1 atom stereocenters. The van der Waals surface area contributed by atoms with Crippen LogP contribution in [0.3, 0.4) is 0 Å². The minimum Gasteiger partial charge on any atom is -0.480 e. The lowest BCUT2D eigenvalue weighted by atomic mass is 10.1. The van der Waals surface area contributed by atoms with E-state index in [0.29, 0.717) is 5.56 Å². The lowest BCUT2D eigenvalue weighted by molar-refractivity contribution is -0.139. The van der Waals surface area contributed by atoms with E-state index in [2.05, 4.69) is 5.32 Å². The Kier molecular flexibility index (Phi) is 5.76. The summed E-state index contributed by atoms with van der Waals surface area (Å²) in [6.07, 6.45) is 0.217. The minimum absolute atomic E-state index is 0.217. The Morgan fingerprint density at radius 3 is 2.50 bits per heavy atom. The maximum atomic E-state index is 12.5. The fraction of sp³-hybridized carbons (Fsp3) is 0.333. The largest absolute Gasteiger partial charge is 0.480 e. The van der Waals surface area contributed by atoms with Crippen LogP contribution in [0.4, 0.5) is 0 Å². The molecule has 0 saturated heterocycles. The zero-order valence-electron chi connectivity index (χ0n) is 14.1. The molecule has 0 spiro atoms. The molecule has 1 unspecified atom stereocenters. The zero-order valence-corrected chi connectivity index (χ0v) is 14.1. The van der Waals surface area contributed by atoms with E-state index in [1.807, 2.05) is 48.7 Å². The Labute approximate surface area is 141 Å². The van der Waals surface area contributed by atoms with Crippen molar-refractivity contribution in [1.82, 2.24) is 9.88 Å². The SMILES string of the molecule is COCCC(NC(=O)c1cc(C)n(-c2ccccc2)c1C)C(=O)O. The zero-order chi connectivity index (χ0) is 17.7. The summed E-state index contributed by atoms with van der Waals surface area (Å²) >= 11 is 0. The lowest BCUT2D eigenvalue weighted by Gasteiger charge is -2.14. The van der Waals surface area contributed by atoms with Gasteiger partial charge in [0.2, 0.25) is 0 Å². The Balaban J connectivity index is 2.26. The average molecular weight is 330 g/mol. The average Bonchev–Trinajstić information content (AvgIpc) is 2.86. The van der Waals surface area contributed by atoms with Crippen molar-refractivity contribution in [1.29, 1.82) is 0 Å². The van der Waals surface area contributed by atoms with Crippen molar-refractivity contribution in [2.45, 2.75) is 26.3 Å². The van der Waals surface area contributed by atoms with Gasteiger partial charge in [0.25, 0.3) is 5.91 Å². The molecule has 1 aromatic heterocycles. The van der Waals surface area contributed by atoms with Gasteiger partial charge in [-0.25, -0.2) is 4.79 Å². The maximum absolute atomic E-state index is 12.5. The van der Waals surface area contributed by atoms with Crippen molar-refractivity contribution in [3.05, 3.63) is 53.3 Å². The summed E-state index contributed by atoms with van der Waals surface area (Å²) in [5, 5.41) is 11.8. The first-order chi connectivity index (χ1) is 11.5. The van der Waals surface area contributed by atoms with E-state index in [1.165, 1.54) is 7.11 Å². The van der Waals surface area contributed by atoms with Crippen molar-refractivity contribution in [2.75, 3.05) is 13.7 Å². The fourth-order valence-corrected chi connectivity index (χ4v) is 2.70. The smallest absolute Gasteiger partial charge is 0.326 e. The number of carbonyl (C=O) groups is 2. The number of aromatic nitrogens is 1. The van der Waals surface area contributed by atoms with Gasteiger partial charge >= 0.3 is 5.97 Å². The number of aliphatic carboxylic acids is 1. The molecule has 24 heavy (non-hydrogen) atoms. The van der Waals surface area contributed by atoms with Crippen LogP contribution in [0.1, 0.15) is 28.2 Å². The molecule has 6 nitrogen and oxygen atoms in total. The Morgan fingerprint density at radius 2 is 1.92 bits per heavy atom. The number of rotatable bonds is 7. The molecule has 1 heterocycles. The summed E-state index contributed by atoms with van der Waals surface area (Å²) < 4.78 is 6.87. The molecular weight excluding hydrogens is 308 g/mol. The van der Waals surface area contributed by atoms with Gasteiger partial charge in [-0.05, 0) is 32.0 Å². The highest BCUT2D eigenvalue weighted by atomic mass is 16.5. The van der Waals surface area contributed by atoms with Gasteiger partial charge < -0.3 is 19.7 Å². The molecule has 1 aromatic carbocycles. The van der Waals surface area contributed by atoms with Crippen LogP contribution in [0.15, 0.2) is 36.4 Å². The van der Waals surface area contributed by atoms with Gasteiger partial charge in [-0.15, -0.1) is 0 Å².